The van der Waals surface area contributed by atoms with Crippen LogP contribution in [0.3, 0.4) is 0 Å². The standard InChI is InChI=1S/C22H35N7O8/c1-3-11(2)18(22(36)37)29-20(34)14(5-6-16(24)30)27-21(35)15(8-12-9-25-10-26-12)28-19(33)13(23)4-7-17(31)32/h9-11,13-15,18H,3-8,23H2,1-2H3,(H2,24,30)(H,25,26)(H,27,35)(H,28,33)(H,29,34)(H,31,32)(H,36,37). The van der Waals surface area contributed by atoms with E-state index in [0.29, 0.717) is 12.1 Å². The molecule has 15 nitrogen and oxygen atoms in total. The molecule has 4 amide bonds. The molecule has 5 atom stereocenters. The summed E-state index contributed by atoms with van der Waals surface area (Å²) in [5.74, 6) is -6.02. The number of nitrogens with two attached hydrogens (primary N) is 2. The molecule has 1 aromatic heterocycles. The number of aromatic nitrogens is 2. The molecule has 0 aliphatic rings. The third-order valence-electron chi connectivity index (χ3n) is 5.71. The molecule has 0 saturated carbocycles. The summed E-state index contributed by atoms with van der Waals surface area (Å²) in [6.45, 7) is 3.39. The monoisotopic (exact) mass is 525 g/mol. The minimum Gasteiger partial charge on any atom is -0.481 e. The van der Waals surface area contributed by atoms with E-state index < -0.39 is 65.7 Å². The number of carbonyl (C=O) groups is 6. The number of primary amides is 1. The number of hydrogen-bond donors (Lipinski definition) is 8. The minimum absolute atomic E-state index is 0.0853. The number of nitrogens with zero attached hydrogens (tertiary/aromatic N) is 1. The van der Waals surface area contributed by atoms with Gasteiger partial charge >= 0.3 is 11.9 Å². The van der Waals surface area contributed by atoms with E-state index in [-0.39, 0.29) is 32.1 Å². The summed E-state index contributed by atoms with van der Waals surface area (Å²) in [7, 11) is 0. The maximum absolute atomic E-state index is 13.2. The highest BCUT2D eigenvalue weighted by Crippen LogP contribution is 2.10. The lowest BCUT2D eigenvalue weighted by atomic mass is 9.98. The largest absolute Gasteiger partial charge is 0.481 e. The molecule has 37 heavy (non-hydrogen) atoms. The Labute approximate surface area is 213 Å². The smallest absolute Gasteiger partial charge is 0.326 e. The van der Waals surface area contributed by atoms with Crippen molar-refractivity contribution >= 4 is 35.6 Å². The lowest BCUT2D eigenvalue weighted by Gasteiger charge is -2.26. The number of carbonyl (C=O) groups excluding carboxylic acids is 4. The number of carboxylic acid groups (broad SMARTS) is 2. The number of hydrogen-bond acceptors (Lipinski definition) is 8. The Morgan fingerprint density at radius 3 is 2.11 bits per heavy atom. The first-order valence-electron chi connectivity index (χ1n) is 11.7. The van der Waals surface area contributed by atoms with Gasteiger partial charge in [-0.2, -0.15) is 0 Å². The zero-order chi connectivity index (χ0) is 28.1. The summed E-state index contributed by atoms with van der Waals surface area (Å²) in [5.41, 5.74) is 11.4. The molecular formula is C22H35N7O8. The molecule has 0 aromatic carbocycles. The van der Waals surface area contributed by atoms with Gasteiger partial charge < -0.3 is 42.6 Å². The molecule has 1 rings (SSSR count). The van der Waals surface area contributed by atoms with Crippen molar-refractivity contribution in [3.63, 3.8) is 0 Å². The Kier molecular flexibility index (Phi) is 12.7. The summed E-state index contributed by atoms with van der Waals surface area (Å²) in [5, 5.41) is 25.6. The van der Waals surface area contributed by atoms with Crippen LogP contribution < -0.4 is 27.4 Å². The Morgan fingerprint density at radius 2 is 1.59 bits per heavy atom. The van der Waals surface area contributed by atoms with Crippen molar-refractivity contribution in [1.29, 1.82) is 0 Å². The van der Waals surface area contributed by atoms with E-state index in [1.807, 2.05) is 0 Å². The van der Waals surface area contributed by atoms with Gasteiger partial charge in [0.1, 0.15) is 18.1 Å². The molecule has 15 heteroatoms. The molecule has 0 aliphatic heterocycles. The van der Waals surface area contributed by atoms with Gasteiger partial charge in [0.25, 0.3) is 0 Å². The maximum Gasteiger partial charge on any atom is 0.326 e. The first-order chi connectivity index (χ1) is 17.3. The topological polar surface area (TPSA) is 260 Å². The Morgan fingerprint density at radius 1 is 0.973 bits per heavy atom. The number of rotatable bonds is 17. The molecule has 0 bridgehead atoms. The minimum atomic E-state index is -1.34. The van der Waals surface area contributed by atoms with Gasteiger partial charge in [-0.3, -0.25) is 24.0 Å². The SMILES string of the molecule is CCC(C)C(NC(=O)C(CCC(N)=O)NC(=O)C(Cc1cnc[nH]1)NC(=O)C(N)CCC(=O)O)C(=O)O. The predicted molar refractivity (Wildman–Crippen MR) is 128 cm³/mol. The zero-order valence-corrected chi connectivity index (χ0v) is 20.7. The van der Waals surface area contributed by atoms with E-state index in [9.17, 15) is 33.9 Å². The lowest BCUT2D eigenvalue weighted by Crippen LogP contribution is -2.58. The molecular weight excluding hydrogens is 490 g/mol. The van der Waals surface area contributed by atoms with E-state index in [1.54, 1.807) is 13.8 Å². The van der Waals surface area contributed by atoms with Crippen LogP contribution in [0.4, 0.5) is 0 Å². The second-order valence-corrected chi connectivity index (χ2v) is 8.66. The number of aliphatic carboxylic acids is 2. The van der Waals surface area contributed by atoms with E-state index in [1.165, 1.54) is 12.5 Å². The van der Waals surface area contributed by atoms with Crippen LogP contribution in [0.1, 0.15) is 51.6 Å². The van der Waals surface area contributed by atoms with Gasteiger partial charge in [-0.1, -0.05) is 20.3 Å². The second-order valence-electron chi connectivity index (χ2n) is 8.66. The maximum atomic E-state index is 13.2. The van der Waals surface area contributed by atoms with Crippen molar-refractivity contribution in [2.75, 3.05) is 0 Å². The van der Waals surface area contributed by atoms with Crippen LogP contribution >= 0.6 is 0 Å². The molecule has 0 fully saturated rings. The van der Waals surface area contributed by atoms with Gasteiger partial charge in [-0.15, -0.1) is 0 Å². The van der Waals surface area contributed by atoms with Crippen molar-refractivity contribution in [3.8, 4) is 0 Å². The van der Waals surface area contributed by atoms with Crippen molar-refractivity contribution in [3.05, 3.63) is 18.2 Å². The highest BCUT2D eigenvalue weighted by Gasteiger charge is 2.32. The highest BCUT2D eigenvalue weighted by molar-refractivity contribution is 5.94. The third-order valence-corrected chi connectivity index (χ3v) is 5.71. The van der Waals surface area contributed by atoms with Gasteiger partial charge in [-0.05, 0) is 18.8 Å². The fourth-order valence-corrected chi connectivity index (χ4v) is 3.28. The van der Waals surface area contributed by atoms with Crippen LogP contribution in [-0.4, -0.2) is 79.9 Å². The average molecular weight is 526 g/mol. The van der Waals surface area contributed by atoms with Gasteiger partial charge in [0.2, 0.25) is 23.6 Å². The number of aromatic amines is 1. The molecule has 0 radical (unpaired) electrons. The Bertz CT molecular complexity index is 953. The Balaban J connectivity index is 3.09. The number of amides is 4. The zero-order valence-electron chi connectivity index (χ0n) is 20.7. The van der Waals surface area contributed by atoms with Gasteiger partial charge in [0.15, 0.2) is 0 Å². The van der Waals surface area contributed by atoms with E-state index in [0.717, 1.165) is 0 Å². The van der Waals surface area contributed by atoms with E-state index in [2.05, 4.69) is 25.9 Å². The average Bonchev–Trinajstić information content (AvgIpc) is 3.34. The fourth-order valence-electron chi connectivity index (χ4n) is 3.28. The summed E-state index contributed by atoms with van der Waals surface area (Å²) in [4.78, 5) is 79.0. The van der Waals surface area contributed by atoms with E-state index in [4.69, 9.17) is 16.6 Å². The van der Waals surface area contributed by atoms with Gasteiger partial charge in [-0.25, -0.2) is 9.78 Å². The molecule has 0 spiro atoms. The molecule has 10 N–H and O–H groups in total. The van der Waals surface area contributed by atoms with Crippen LogP contribution in [0.5, 0.6) is 0 Å². The number of nitrogens with one attached hydrogen (secondary N) is 4. The first kappa shape index (κ1) is 31.0. The first-order valence-corrected chi connectivity index (χ1v) is 11.7. The fraction of sp³-hybridized carbons (Fsp3) is 0.591. The molecule has 0 saturated heterocycles. The quantitative estimate of drug-likeness (QED) is 0.111. The number of imidazole rings is 1. The van der Waals surface area contributed by atoms with Crippen molar-refractivity contribution < 1.29 is 39.0 Å². The summed E-state index contributed by atoms with van der Waals surface area (Å²) in [6.07, 6.45) is 2.11. The van der Waals surface area contributed by atoms with Crippen LogP contribution in [0.15, 0.2) is 12.5 Å². The van der Waals surface area contributed by atoms with Crippen molar-refractivity contribution in [1.82, 2.24) is 25.9 Å². The van der Waals surface area contributed by atoms with Crippen LogP contribution in [0.25, 0.3) is 0 Å². The summed E-state index contributed by atoms with van der Waals surface area (Å²) < 4.78 is 0. The summed E-state index contributed by atoms with van der Waals surface area (Å²) >= 11 is 0. The summed E-state index contributed by atoms with van der Waals surface area (Å²) in [6, 6.07) is -5.06. The molecule has 0 aliphatic carbocycles. The van der Waals surface area contributed by atoms with Crippen LogP contribution in [-0.2, 0) is 35.2 Å². The van der Waals surface area contributed by atoms with Crippen LogP contribution in [0.2, 0.25) is 0 Å². The van der Waals surface area contributed by atoms with Crippen molar-refractivity contribution in [2.45, 2.75) is 76.5 Å². The van der Waals surface area contributed by atoms with Gasteiger partial charge in [0, 0.05) is 31.2 Å². The molecule has 1 aromatic rings. The van der Waals surface area contributed by atoms with Gasteiger partial charge in [0.05, 0.1) is 12.4 Å². The molecule has 206 valence electrons. The molecule has 1 heterocycles. The molecule has 5 unspecified atom stereocenters. The Hall–Kier alpha value is -4.01. The van der Waals surface area contributed by atoms with Crippen LogP contribution in [0, 0.1) is 5.92 Å². The second kappa shape index (κ2) is 15.2. The van der Waals surface area contributed by atoms with Crippen molar-refractivity contribution in [2.24, 2.45) is 17.4 Å². The predicted octanol–water partition coefficient (Wildman–Crippen LogP) is -2.01. The lowest BCUT2D eigenvalue weighted by molar-refractivity contribution is -0.144. The number of H-pyrrole nitrogens is 1. The van der Waals surface area contributed by atoms with E-state index >= 15 is 0 Å². The highest BCUT2D eigenvalue weighted by atomic mass is 16.4. The third kappa shape index (κ3) is 11.1. The number of carboxylic acids is 2. The normalized spacial score (nSPS) is 14.9.